The molecule has 28 heavy (non-hydrogen) atoms. The normalized spacial score (nSPS) is 10.4. The van der Waals surface area contributed by atoms with E-state index in [1.165, 1.54) is 12.4 Å². The van der Waals surface area contributed by atoms with Gasteiger partial charge in [0.15, 0.2) is 0 Å². The number of anilines is 2. The Bertz CT molecular complexity index is 1080. The Hall–Kier alpha value is -2.45. The van der Waals surface area contributed by atoms with Crippen LogP contribution in [-0.2, 0) is 6.61 Å². The molecule has 0 radical (unpaired) electrons. The number of fused-ring (bicyclic) bond motifs is 1. The van der Waals surface area contributed by atoms with Crippen molar-refractivity contribution in [3.8, 4) is 5.75 Å². The smallest absolute Gasteiger partial charge is 0.141 e. The van der Waals surface area contributed by atoms with Gasteiger partial charge in [-0.05, 0) is 58.5 Å². The molecule has 1 heterocycles. The minimum Gasteiger partial charge on any atom is -0.489 e. The molecule has 3 aromatic carbocycles. The lowest BCUT2D eigenvalue weighted by molar-refractivity contribution is 0.306. The van der Waals surface area contributed by atoms with E-state index >= 15 is 0 Å². The van der Waals surface area contributed by atoms with Crippen LogP contribution in [-0.4, -0.2) is 9.97 Å². The van der Waals surface area contributed by atoms with Crippen LogP contribution in [0.2, 0.25) is 0 Å². The van der Waals surface area contributed by atoms with E-state index in [4.69, 9.17) is 4.74 Å². The minimum atomic E-state index is -0.285. The molecule has 4 rings (SSSR count). The molecule has 1 aromatic heterocycles. The molecule has 0 saturated carbocycles. The maximum absolute atomic E-state index is 13.7. The largest absolute Gasteiger partial charge is 0.489 e. The van der Waals surface area contributed by atoms with Gasteiger partial charge in [-0.15, -0.1) is 12.4 Å². The quantitative estimate of drug-likeness (QED) is 0.331. The topological polar surface area (TPSA) is 47.0 Å². The van der Waals surface area contributed by atoms with Crippen LogP contribution in [0.1, 0.15) is 5.56 Å². The van der Waals surface area contributed by atoms with Crippen LogP contribution in [0.25, 0.3) is 10.9 Å². The highest BCUT2D eigenvalue weighted by Crippen LogP contribution is 2.27. The van der Waals surface area contributed by atoms with Crippen LogP contribution in [0.3, 0.4) is 0 Å². The zero-order valence-electron chi connectivity index (χ0n) is 14.6. The van der Waals surface area contributed by atoms with Gasteiger partial charge in [-0.3, -0.25) is 0 Å². The Labute approximate surface area is 181 Å². The molecule has 0 saturated heterocycles. The lowest BCUT2D eigenvalue weighted by Gasteiger charge is -2.10. The van der Waals surface area contributed by atoms with Crippen molar-refractivity contribution in [2.24, 2.45) is 0 Å². The van der Waals surface area contributed by atoms with Gasteiger partial charge in [0.25, 0.3) is 0 Å². The van der Waals surface area contributed by atoms with Gasteiger partial charge in [0, 0.05) is 20.7 Å². The van der Waals surface area contributed by atoms with Crippen LogP contribution < -0.4 is 10.1 Å². The molecule has 4 aromatic rings. The van der Waals surface area contributed by atoms with Crippen molar-refractivity contribution in [2.45, 2.75) is 6.61 Å². The van der Waals surface area contributed by atoms with Crippen molar-refractivity contribution < 1.29 is 9.13 Å². The Morgan fingerprint density at radius 1 is 0.964 bits per heavy atom. The minimum absolute atomic E-state index is 0. The molecule has 1 N–H and O–H groups in total. The van der Waals surface area contributed by atoms with Crippen molar-refractivity contribution in [3.05, 3.63) is 88.0 Å². The highest BCUT2D eigenvalue weighted by Gasteiger charge is 2.08. The van der Waals surface area contributed by atoms with Gasteiger partial charge >= 0.3 is 0 Å². The van der Waals surface area contributed by atoms with Crippen molar-refractivity contribution >= 4 is 57.4 Å². The molecule has 4 nitrogen and oxygen atoms in total. The average Bonchev–Trinajstić information content (AvgIpc) is 2.70. The molecule has 0 spiro atoms. The maximum Gasteiger partial charge on any atom is 0.141 e. The molecule has 0 aliphatic rings. The van der Waals surface area contributed by atoms with Gasteiger partial charge in [-0.1, -0.05) is 30.3 Å². The maximum atomic E-state index is 13.7. The summed E-state index contributed by atoms with van der Waals surface area (Å²) in [5.41, 5.74) is 2.55. The van der Waals surface area contributed by atoms with Gasteiger partial charge in [0.05, 0.1) is 5.52 Å². The number of hydrogen-bond donors (Lipinski definition) is 1. The number of hydrogen-bond acceptors (Lipinski definition) is 4. The predicted molar refractivity (Wildman–Crippen MR) is 120 cm³/mol. The molecular formula is C21H16ClFIN3O. The molecule has 0 amide bonds. The Balaban J connectivity index is 0.00000225. The number of benzene rings is 3. The summed E-state index contributed by atoms with van der Waals surface area (Å²) in [5.74, 6) is 1.14. The number of nitrogens with one attached hydrogen (secondary N) is 1. The van der Waals surface area contributed by atoms with E-state index in [9.17, 15) is 4.39 Å². The van der Waals surface area contributed by atoms with E-state index < -0.39 is 0 Å². The van der Waals surface area contributed by atoms with Gasteiger partial charge in [0.1, 0.15) is 30.3 Å². The summed E-state index contributed by atoms with van der Waals surface area (Å²) in [6.07, 6.45) is 1.42. The molecule has 142 valence electrons. The highest BCUT2D eigenvalue weighted by atomic mass is 127. The van der Waals surface area contributed by atoms with Crippen LogP contribution >= 0.6 is 35.0 Å². The lowest BCUT2D eigenvalue weighted by atomic mass is 10.2. The Kier molecular flexibility index (Phi) is 6.64. The number of nitrogens with zero attached hydrogens (tertiary/aromatic N) is 2. The summed E-state index contributed by atoms with van der Waals surface area (Å²) in [5, 5.41) is 4.03. The van der Waals surface area contributed by atoms with E-state index in [0.717, 1.165) is 22.4 Å². The number of aromatic nitrogens is 2. The van der Waals surface area contributed by atoms with E-state index in [1.54, 1.807) is 6.07 Å². The van der Waals surface area contributed by atoms with Crippen molar-refractivity contribution in [3.63, 3.8) is 0 Å². The van der Waals surface area contributed by atoms with Gasteiger partial charge in [0.2, 0.25) is 0 Å². The molecular weight excluding hydrogens is 492 g/mol. The first-order valence-corrected chi connectivity index (χ1v) is 9.40. The summed E-state index contributed by atoms with van der Waals surface area (Å²) in [7, 11) is 0. The number of rotatable bonds is 5. The average molecular weight is 508 g/mol. The van der Waals surface area contributed by atoms with Crippen LogP contribution in [0, 0.1) is 9.39 Å². The van der Waals surface area contributed by atoms with Crippen molar-refractivity contribution in [2.75, 3.05) is 5.32 Å². The SMILES string of the molecule is Cl.Fc1cc2ncnc(Nc3ccc(OCc4ccccc4)cc3)c2cc1I. The lowest BCUT2D eigenvalue weighted by Crippen LogP contribution is -1.98. The van der Waals surface area contributed by atoms with Crippen molar-refractivity contribution in [1.29, 1.82) is 0 Å². The fourth-order valence-electron chi connectivity index (χ4n) is 2.66. The molecule has 0 bridgehead atoms. The summed E-state index contributed by atoms with van der Waals surface area (Å²) < 4.78 is 20.1. The zero-order valence-corrected chi connectivity index (χ0v) is 17.6. The van der Waals surface area contributed by atoms with Crippen LogP contribution in [0.4, 0.5) is 15.9 Å². The second-order valence-corrected chi connectivity index (χ2v) is 7.09. The third-order valence-electron chi connectivity index (χ3n) is 4.04. The number of ether oxygens (including phenoxy) is 1. The molecule has 0 atom stereocenters. The fraction of sp³-hybridized carbons (Fsp3) is 0.0476. The zero-order chi connectivity index (χ0) is 18.6. The Morgan fingerprint density at radius 3 is 2.46 bits per heavy atom. The van der Waals surface area contributed by atoms with Gasteiger partial charge in [-0.25, -0.2) is 14.4 Å². The monoisotopic (exact) mass is 507 g/mol. The third kappa shape index (κ3) is 4.69. The Morgan fingerprint density at radius 2 is 1.71 bits per heavy atom. The first kappa shape index (κ1) is 20.3. The molecule has 0 fully saturated rings. The predicted octanol–water partition coefficient (Wildman–Crippen LogP) is 6.12. The standard InChI is InChI=1S/C21H15FIN3O.ClH/c22-18-11-20-17(10-19(18)23)21(25-13-24-20)26-15-6-8-16(9-7-15)27-12-14-4-2-1-3-5-14;/h1-11,13H,12H2,(H,24,25,26);1H. The highest BCUT2D eigenvalue weighted by molar-refractivity contribution is 14.1. The third-order valence-corrected chi connectivity index (χ3v) is 4.87. The van der Waals surface area contributed by atoms with Gasteiger partial charge in [-0.2, -0.15) is 0 Å². The molecule has 0 aliphatic carbocycles. The van der Waals surface area contributed by atoms with Crippen LogP contribution in [0.15, 0.2) is 73.1 Å². The van der Waals surface area contributed by atoms with Gasteiger partial charge < -0.3 is 10.1 Å². The second kappa shape index (κ2) is 9.16. The van der Waals surface area contributed by atoms with Crippen LogP contribution in [0.5, 0.6) is 5.75 Å². The summed E-state index contributed by atoms with van der Waals surface area (Å²) >= 11 is 1.96. The first-order valence-electron chi connectivity index (χ1n) is 8.32. The summed E-state index contributed by atoms with van der Waals surface area (Å²) in [6.45, 7) is 0.522. The molecule has 0 aliphatic heterocycles. The van der Waals surface area contributed by atoms with E-state index in [-0.39, 0.29) is 18.2 Å². The molecule has 0 unspecified atom stereocenters. The fourth-order valence-corrected chi connectivity index (χ4v) is 3.13. The summed E-state index contributed by atoms with van der Waals surface area (Å²) in [4.78, 5) is 8.43. The number of halogens is 3. The van der Waals surface area contributed by atoms with E-state index in [1.807, 2.05) is 77.2 Å². The second-order valence-electron chi connectivity index (χ2n) is 5.93. The molecule has 7 heteroatoms. The summed E-state index contributed by atoms with van der Waals surface area (Å²) in [6, 6.07) is 20.8. The van der Waals surface area contributed by atoms with Crippen molar-refractivity contribution in [1.82, 2.24) is 9.97 Å². The van der Waals surface area contributed by atoms with E-state index in [2.05, 4.69) is 15.3 Å². The van der Waals surface area contributed by atoms with E-state index in [0.29, 0.717) is 21.5 Å². The first-order chi connectivity index (χ1) is 13.2.